The highest BCUT2D eigenvalue weighted by molar-refractivity contribution is 9.10. The number of hydrogen-bond donors (Lipinski definition) is 1. The summed E-state index contributed by atoms with van der Waals surface area (Å²) in [6, 6.07) is 14.3. The van der Waals surface area contributed by atoms with Crippen LogP contribution in [0.5, 0.6) is 5.75 Å². The van der Waals surface area contributed by atoms with E-state index in [1.165, 1.54) is 6.92 Å². The van der Waals surface area contributed by atoms with Gasteiger partial charge in [-0.3, -0.25) is 4.79 Å². The van der Waals surface area contributed by atoms with Crippen LogP contribution in [-0.4, -0.2) is 103 Å². The van der Waals surface area contributed by atoms with Gasteiger partial charge in [0.25, 0.3) is 0 Å². The van der Waals surface area contributed by atoms with Crippen molar-refractivity contribution in [2.45, 2.75) is 140 Å². The Kier molecular flexibility index (Phi) is 15.6. The van der Waals surface area contributed by atoms with Crippen LogP contribution in [-0.2, 0) is 48.7 Å². The van der Waals surface area contributed by atoms with Crippen LogP contribution in [0.3, 0.4) is 0 Å². The molecule has 0 bridgehead atoms. The van der Waals surface area contributed by atoms with Crippen LogP contribution in [0.2, 0.25) is 36.3 Å². The fourth-order valence-electron chi connectivity index (χ4n) is 5.73. The van der Waals surface area contributed by atoms with Gasteiger partial charge in [-0.15, -0.1) is 0 Å². The van der Waals surface area contributed by atoms with Crippen molar-refractivity contribution in [1.29, 1.82) is 0 Å². The highest BCUT2D eigenvalue weighted by Gasteiger charge is 2.55. The molecule has 4 rings (SSSR count). The predicted molar refractivity (Wildman–Crippen MR) is 220 cm³/mol. The predicted octanol–water partition coefficient (Wildman–Crippen LogP) is 7.93. The topological polar surface area (TPSA) is 137 Å². The Morgan fingerprint density at radius 3 is 1.95 bits per heavy atom. The van der Waals surface area contributed by atoms with E-state index in [9.17, 15) is 14.7 Å². The van der Waals surface area contributed by atoms with Crippen molar-refractivity contribution in [2.75, 3.05) is 20.3 Å². The molecule has 312 valence electrons. The number of aliphatic hydroxyl groups excluding tert-OH is 1. The third-order valence-corrected chi connectivity index (χ3v) is 20.6. The SMILES string of the molecule is COc1ccc(CO[C@H]2[C@H](O[Si](C)(C)C(C)(C)C)C=CO[C@@H]2CO[C@@H]2O[C@H](CO)[C@@H](OC(=O)c3ccc(Br)cc3)[C@H](O[Si](C)(C)C(C)(C)C)[C@H]2OC(C)=O)cc1. The lowest BCUT2D eigenvalue weighted by Gasteiger charge is -2.49. The molecule has 2 aliphatic rings. The second-order valence-corrected chi connectivity index (χ2v) is 27.8. The van der Waals surface area contributed by atoms with Crippen molar-refractivity contribution in [3.63, 3.8) is 0 Å². The molecule has 2 heterocycles. The van der Waals surface area contributed by atoms with E-state index in [1.54, 1.807) is 37.6 Å². The second kappa shape index (κ2) is 19.0. The number of rotatable bonds is 15. The Hall–Kier alpha value is -2.61. The minimum Gasteiger partial charge on any atom is -0.497 e. The first-order valence-electron chi connectivity index (χ1n) is 19.0. The molecule has 0 aliphatic carbocycles. The molecule has 0 amide bonds. The number of ether oxygens (including phenoxy) is 7. The highest BCUT2D eigenvalue weighted by atomic mass is 79.9. The lowest BCUT2D eigenvalue weighted by Crippen LogP contribution is -2.65. The fraction of sp³-hybridized carbons (Fsp3) is 0.610. The summed E-state index contributed by atoms with van der Waals surface area (Å²) >= 11 is 3.39. The molecule has 1 saturated heterocycles. The quantitative estimate of drug-likeness (QED) is 0.137. The van der Waals surface area contributed by atoms with E-state index in [-0.39, 0.29) is 28.9 Å². The number of methoxy groups -OCH3 is 1. The summed E-state index contributed by atoms with van der Waals surface area (Å²) in [6.07, 6.45) is -4.04. The van der Waals surface area contributed by atoms with Crippen LogP contribution in [0.4, 0.5) is 0 Å². The van der Waals surface area contributed by atoms with Gasteiger partial charge in [0.2, 0.25) is 0 Å². The average molecular weight is 882 g/mol. The van der Waals surface area contributed by atoms with Crippen molar-refractivity contribution in [3.05, 3.63) is 76.5 Å². The van der Waals surface area contributed by atoms with E-state index >= 15 is 0 Å². The van der Waals surface area contributed by atoms with E-state index < -0.39 is 84.2 Å². The van der Waals surface area contributed by atoms with Gasteiger partial charge in [0.15, 0.2) is 35.1 Å². The lowest BCUT2D eigenvalue weighted by atomic mass is 9.98. The summed E-state index contributed by atoms with van der Waals surface area (Å²) in [4.78, 5) is 26.3. The number of esters is 2. The van der Waals surface area contributed by atoms with Crippen LogP contribution in [0, 0.1) is 0 Å². The number of hydrogen-bond acceptors (Lipinski definition) is 12. The third kappa shape index (κ3) is 11.7. The largest absolute Gasteiger partial charge is 0.497 e. The van der Waals surface area contributed by atoms with Crippen LogP contribution >= 0.6 is 15.9 Å². The standard InChI is InChI=1S/C41H61BrO12Si2/c1-26(44)50-37-36(54-56(11,12)41(5,6)7)35(52-38(45)28-15-17-29(42)18-16-28)32(23-43)51-39(37)49-25-33-34(48-24-27-13-19-30(46-8)20-14-27)31(21-22-47-33)53-55(9,10)40(2,3)4/h13-22,31-37,39,43H,23-25H2,1-12H3/t31-,32-,33-,34+,35-,36+,37-,39-/m1/s1. The molecule has 12 nitrogen and oxygen atoms in total. The van der Waals surface area contributed by atoms with Crippen LogP contribution in [0.15, 0.2) is 65.3 Å². The molecule has 56 heavy (non-hydrogen) atoms. The molecule has 1 N–H and O–H groups in total. The number of carbonyl (C=O) groups excluding carboxylic acids is 2. The zero-order valence-electron chi connectivity index (χ0n) is 34.8. The van der Waals surface area contributed by atoms with E-state index in [0.717, 1.165) is 15.8 Å². The molecule has 2 aliphatic heterocycles. The van der Waals surface area contributed by atoms with Gasteiger partial charge >= 0.3 is 11.9 Å². The number of benzene rings is 2. The maximum Gasteiger partial charge on any atom is 0.338 e. The lowest BCUT2D eigenvalue weighted by molar-refractivity contribution is -0.306. The van der Waals surface area contributed by atoms with Gasteiger partial charge < -0.3 is 47.1 Å². The second-order valence-electron chi connectivity index (χ2n) is 17.3. The molecule has 0 saturated carbocycles. The average Bonchev–Trinajstić information content (AvgIpc) is 3.11. The molecular formula is C41H61BrO12Si2. The summed E-state index contributed by atoms with van der Waals surface area (Å²) in [5, 5.41) is 10.4. The molecule has 2 aromatic carbocycles. The van der Waals surface area contributed by atoms with E-state index in [2.05, 4.69) is 70.6 Å². The van der Waals surface area contributed by atoms with Crippen molar-refractivity contribution in [3.8, 4) is 5.75 Å². The third-order valence-electron chi connectivity index (χ3n) is 11.1. The van der Waals surface area contributed by atoms with Gasteiger partial charge in [-0.05, 0) is 84.3 Å². The first kappa shape index (κ1) is 46.1. The molecule has 0 aromatic heterocycles. The zero-order chi connectivity index (χ0) is 41.6. The molecule has 0 spiro atoms. The summed E-state index contributed by atoms with van der Waals surface area (Å²) in [6.45, 7) is 22.1. The highest BCUT2D eigenvalue weighted by Crippen LogP contribution is 2.42. The minimum absolute atomic E-state index is 0.0747. The summed E-state index contributed by atoms with van der Waals surface area (Å²) < 4.78 is 57.5. The summed E-state index contributed by atoms with van der Waals surface area (Å²) in [5.41, 5.74) is 1.22. The summed E-state index contributed by atoms with van der Waals surface area (Å²) in [5.74, 6) is -0.529. The van der Waals surface area contributed by atoms with E-state index in [0.29, 0.717) is 0 Å². The van der Waals surface area contributed by atoms with Gasteiger partial charge in [0.05, 0.1) is 44.9 Å². The molecule has 1 fully saturated rings. The van der Waals surface area contributed by atoms with Crippen LogP contribution in [0.1, 0.15) is 64.4 Å². The Bertz CT molecular complexity index is 1620. The van der Waals surface area contributed by atoms with Gasteiger partial charge in [-0.1, -0.05) is 69.6 Å². The Morgan fingerprint density at radius 1 is 0.786 bits per heavy atom. The van der Waals surface area contributed by atoms with Crippen molar-refractivity contribution in [1.82, 2.24) is 0 Å². The number of carbonyl (C=O) groups is 2. The van der Waals surface area contributed by atoms with E-state index in [4.69, 9.17) is 42.0 Å². The molecule has 0 unspecified atom stereocenters. The maximum absolute atomic E-state index is 13.6. The van der Waals surface area contributed by atoms with Gasteiger partial charge in [-0.2, -0.15) is 0 Å². The number of halogens is 1. The molecular weight excluding hydrogens is 821 g/mol. The molecule has 0 radical (unpaired) electrons. The number of aliphatic hydroxyl groups is 1. The fourth-order valence-corrected chi connectivity index (χ4v) is 8.55. The van der Waals surface area contributed by atoms with E-state index in [1.807, 2.05) is 43.4 Å². The zero-order valence-corrected chi connectivity index (χ0v) is 38.4. The van der Waals surface area contributed by atoms with Crippen LogP contribution in [0.25, 0.3) is 0 Å². The van der Waals surface area contributed by atoms with Gasteiger partial charge in [0.1, 0.15) is 30.2 Å². The Labute approximate surface area is 342 Å². The minimum atomic E-state index is -2.66. The smallest absolute Gasteiger partial charge is 0.338 e. The van der Waals surface area contributed by atoms with Crippen molar-refractivity contribution >= 4 is 44.5 Å². The first-order valence-corrected chi connectivity index (χ1v) is 25.6. The van der Waals surface area contributed by atoms with Crippen LogP contribution < -0.4 is 4.74 Å². The summed E-state index contributed by atoms with van der Waals surface area (Å²) in [7, 11) is -3.33. The Morgan fingerprint density at radius 2 is 1.39 bits per heavy atom. The molecule has 8 atom stereocenters. The monoisotopic (exact) mass is 880 g/mol. The Balaban J connectivity index is 1.67. The van der Waals surface area contributed by atoms with Crippen molar-refractivity contribution < 1.29 is 56.7 Å². The maximum atomic E-state index is 13.6. The molecule has 2 aromatic rings. The normalized spacial score (nSPS) is 26.0. The van der Waals surface area contributed by atoms with Gasteiger partial charge in [0, 0.05) is 11.4 Å². The first-order chi connectivity index (χ1) is 26.1. The molecule has 15 heteroatoms. The van der Waals surface area contributed by atoms with Crippen molar-refractivity contribution in [2.24, 2.45) is 0 Å². The van der Waals surface area contributed by atoms with Gasteiger partial charge in [-0.25, -0.2) is 4.79 Å².